The molecule has 0 aliphatic rings. The molecule has 1 aromatic carbocycles. The van der Waals surface area contributed by atoms with Gasteiger partial charge in [0.2, 0.25) is 0 Å². The molecule has 0 radical (unpaired) electrons. The largest absolute Gasteiger partial charge is 0.346 e. The lowest BCUT2D eigenvalue weighted by Gasteiger charge is -2.03. The summed E-state index contributed by atoms with van der Waals surface area (Å²) in [5, 5.41) is 14.2. The average molecular weight is 312 g/mol. The second kappa shape index (κ2) is 5.98. The fourth-order valence-electron chi connectivity index (χ4n) is 1.53. The van der Waals surface area contributed by atoms with Crippen molar-refractivity contribution in [3.63, 3.8) is 0 Å². The highest BCUT2D eigenvalue weighted by Gasteiger charge is 2.16. The fourth-order valence-corrected chi connectivity index (χ4v) is 2.45. The lowest BCUT2D eigenvalue weighted by Crippen LogP contribution is -2.22. The van der Waals surface area contributed by atoms with Crippen molar-refractivity contribution in [3.05, 3.63) is 55.0 Å². The molecule has 6 nitrogen and oxygen atoms in total. The molecule has 104 valence electrons. The summed E-state index contributed by atoms with van der Waals surface area (Å²) in [5.41, 5.74) is -0.0983. The molecule has 2 aromatic rings. The van der Waals surface area contributed by atoms with Crippen molar-refractivity contribution < 1.29 is 9.72 Å². The van der Waals surface area contributed by atoms with Gasteiger partial charge in [0, 0.05) is 22.7 Å². The van der Waals surface area contributed by atoms with E-state index in [0.29, 0.717) is 0 Å². The zero-order valence-corrected chi connectivity index (χ0v) is 12.0. The fraction of sp³-hybridized carbons (Fsp3) is 0.167. The van der Waals surface area contributed by atoms with Crippen molar-refractivity contribution in [2.45, 2.75) is 13.5 Å². The van der Waals surface area contributed by atoms with Crippen molar-refractivity contribution in [3.8, 4) is 0 Å². The third-order valence-corrected chi connectivity index (χ3v) is 3.71. The van der Waals surface area contributed by atoms with Crippen molar-refractivity contribution >= 4 is 34.5 Å². The van der Waals surface area contributed by atoms with E-state index in [0.717, 1.165) is 16.0 Å². The van der Waals surface area contributed by atoms with Gasteiger partial charge < -0.3 is 5.32 Å². The Balaban J connectivity index is 2.09. The van der Waals surface area contributed by atoms with E-state index in [-0.39, 0.29) is 22.8 Å². The van der Waals surface area contributed by atoms with Gasteiger partial charge in [0.15, 0.2) is 0 Å². The number of thiazole rings is 1. The van der Waals surface area contributed by atoms with E-state index in [4.69, 9.17) is 11.6 Å². The number of nitrogens with one attached hydrogen (secondary N) is 1. The van der Waals surface area contributed by atoms with E-state index in [1.165, 1.54) is 23.5 Å². The number of carbonyl (C=O) groups is 1. The lowest BCUT2D eigenvalue weighted by molar-refractivity contribution is -0.384. The maximum Gasteiger partial charge on any atom is 0.288 e. The van der Waals surface area contributed by atoms with Crippen LogP contribution in [0, 0.1) is 17.0 Å². The number of carbonyl (C=O) groups excluding carboxylic acids is 1. The summed E-state index contributed by atoms with van der Waals surface area (Å²) in [5.74, 6) is -0.405. The van der Waals surface area contributed by atoms with E-state index in [2.05, 4.69) is 10.3 Å². The van der Waals surface area contributed by atoms with E-state index < -0.39 is 10.8 Å². The minimum atomic E-state index is -0.622. The van der Waals surface area contributed by atoms with Gasteiger partial charge >= 0.3 is 0 Å². The molecule has 2 rings (SSSR count). The monoisotopic (exact) mass is 311 g/mol. The van der Waals surface area contributed by atoms with Gasteiger partial charge in [-0.2, -0.15) is 0 Å². The van der Waals surface area contributed by atoms with E-state index in [9.17, 15) is 14.9 Å². The van der Waals surface area contributed by atoms with Gasteiger partial charge in [0.05, 0.1) is 11.5 Å². The van der Waals surface area contributed by atoms with Crippen LogP contribution in [-0.2, 0) is 6.54 Å². The number of aromatic nitrogens is 1. The number of halogens is 1. The molecule has 0 aliphatic carbocycles. The van der Waals surface area contributed by atoms with Gasteiger partial charge in [-0.15, -0.1) is 11.3 Å². The van der Waals surface area contributed by atoms with Crippen molar-refractivity contribution in [2.75, 3.05) is 0 Å². The molecule has 0 unspecified atom stereocenters. The predicted molar refractivity (Wildman–Crippen MR) is 76.1 cm³/mol. The molecule has 8 heteroatoms. The van der Waals surface area contributed by atoms with Crippen LogP contribution in [0.1, 0.15) is 20.2 Å². The zero-order valence-electron chi connectivity index (χ0n) is 10.4. The van der Waals surface area contributed by atoms with Crippen LogP contribution in [0.3, 0.4) is 0 Å². The molecule has 0 aliphatic heterocycles. The molecule has 0 saturated heterocycles. The summed E-state index contributed by atoms with van der Waals surface area (Å²) in [7, 11) is 0. The maximum absolute atomic E-state index is 11.9. The number of nitro groups is 1. The van der Waals surface area contributed by atoms with Gasteiger partial charge in [0.25, 0.3) is 11.6 Å². The Labute approximate surface area is 123 Å². The first-order valence-corrected chi connectivity index (χ1v) is 6.80. The molecule has 0 bridgehead atoms. The van der Waals surface area contributed by atoms with Gasteiger partial charge in [-0.3, -0.25) is 14.9 Å². The SMILES string of the molecule is Cc1cnc(CNC(=O)c2ccc(Cl)c([N+](=O)[O-])c2)s1. The first-order valence-electron chi connectivity index (χ1n) is 5.61. The Hall–Kier alpha value is -1.99. The first kappa shape index (κ1) is 14.4. The number of aryl methyl sites for hydroxylation is 1. The van der Waals surface area contributed by atoms with E-state index in [1.807, 2.05) is 6.92 Å². The first-order chi connectivity index (χ1) is 9.47. The third kappa shape index (κ3) is 3.31. The van der Waals surface area contributed by atoms with Crippen LogP contribution in [0.4, 0.5) is 5.69 Å². The minimum Gasteiger partial charge on any atom is -0.346 e. The van der Waals surface area contributed by atoms with Crippen LogP contribution >= 0.6 is 22.9 Å². The summed E-state index contributed by atoms with van der Waals surface area (Å²) in [6.07, 6.45) is 1.72. The molecule has 20 heavy (non-hydrogen) atoms. The zero-order chi connectivity index (χ0) is 14.7. The molecule has 0 spiro atoms. The third-order valence-electron chi connectivity index (χ3n) is 2.47. The van der Waals surface area contributed by atoms with Crippen LogP contribution in [0.2, 0.25) is 5.02 Å². The van der Waals surface area contributed by atoms with Crippen molar-refractivity contribution in [2.24, 2.45) is 0 Å². The number of nitrogens with zero attached hydrogens (tertiary/aromatic N) is 2. The Morgan fingerprint density at radius 2 is 2.30 bits per heavy atom. The Bertz CT molecular complexity index is 672. The van der Waals surface area contributed by atoms with Crippen LogP contribution in [0.5, 0.6) is 0 Å². The number of amides is 1. The molecule has 0 fully saturated rings. The van der Waals surface area contributed by atoms with Crippen LogP contribution < -0.4 is 5.32 Å². The molecular weight excluding hydrogens is 302 g/mol. The normalized spacial score (nSPS) is 10.3. The van der Waals surface area contributed by atoms with Gasteiger partial charge in [-0.1, -0.05) is 11.6 Å². The Morgan fingerprint density at radius 3 is 2.90 bits per heavy atom. The number of hydrogen-bond donors (Lipinski definition) is 1. The van der Waals surface area contributed by atoms with Crippen molar-refractivity contribution in [1.82, 2.24) is 10.3 Å². The summed E-state index contributed by atoms with van der Waals surface area (Å²) < 4.78 is 0. The Kier molecular flexibility index (Phi) is 4.31. The molecule has 0 saturated carbocycles. The van der Waals surface area contributed by atoms with Crippen LogP contribution in [0.25, 0.3) is 0 Å². The minimum absolute atomic E-state index is 0.00194. The highest BCUT2D eigenvalue weighted by atomic mass is 35.5. The topological polar surface area (TPSA) is 85.1 Å². The highest BCUT2D eigenvalue weighted by molar-refractivity contribution is 7.11. The van der Waals surface area contributed by atoms with E-state index in [1.54, 1.807) is 6.20 Å². The Morgan fingerprint density at radius 1 is 1.55 bits per heavy atom. The number of benzene rings is 1. The predicted octanol–water partition coefficient (Wildman–Crippen LogP) is 2.94. The van der Waals surface area contributed by atoms with Gasteiger partial charge in [0.1, 0.15) is 10.0 Å². The summed E-state index contributed by atoms with van der Waals surface area (Å²) in [4.78, 5) is 27.2. The maximum atomic E-state index is 11.9. The quantitative estimate of drug-likeness (QED) is 0.695. The molecule has 0 atom stereocenters. The molecule has 1 heterocycles. The van der Waals surface area contributed by atoms with E-state index >= 15 is 0 Å². The number of rotatable bonds is 4. The molecule has 1 aromatic heterocycles. The second-order valence-electron chi connectivity index (χ2n) is 3.97. The molecular formula is C12H10ClN3O3S. The lowest BCUT2D eigenvalue weighted by atomic mass is 10.2. The summed E-state index contributed by atoms with van der Waals surface area (Å²) in [6.45, 7) is 2.21. The number of nitro benzene ring substituents is 1. The molecule has 1 N–H and O–H groups in total. The smallest absolute Gasteiger partial charge is 0.288 e. The van der Waals surface area contributed by atoms with Crippen molar-refractivity contribution in [1.29, 1.82) is 0 Å². The van der Waals surface area contributed by atoms with Gasteiger partial charge in [-0.25, -0.2) is 4.98 Å². The summed E-state index contributed by atoms with van der Waals surface area (Å²) in [6, 6.07) is 3.94. The number of hydrogen-bond acceptors (Lipinski definition) is 5. The van der Waals surface area contributed by atoms with Crippen LogP contribution in [-0.4, -0.2) is 15.8 Å². The summed E-state index contributed by atoms with van der Waals surface area (Å²) >= 11 is 7.17. The van der Waals surface area contributed by atoms with Gasteiger partial charge in [-0.05, 0) is 19.1 Å². The standard InChI is InChI=1S/C12H10ClN3O3S/c1-7-5-14-11(20-7)6-15-12(17)8-2-3-9(13)10(4-8)16(18)19/h2-5H,6H2,1H3,(H,15,17). The van der Waals surface area contributed by atoms with Crippen LogP contribution in [0.15, 0.2) is 24.4 Å². The highest BCUT2D eigenvalue weighted by Crippen LogP contribution is 2.25. The average Bonchev–Trinajstić information content (AvgIpc) is 2.82. The molecule has 1 amide bonds. The second-order valence-corrected chi connectivity index (χ2v) is 5.70.